The predicted molar refractivity (Wildman–Crippen MR) is 92.6 cm³/mol. The van der Waals surface area contributed by atoms with Crippen LogP contribution < -0.4 is 0 Å². The summed E-state index contributed by atoms with van der Waals surface area (Å²) in [7, 11) is 0. The molecule has 2 aromatic heterocycles. The van der Waals surface area contributed by atoms with Crippen molar-refractivity contribution < 1.29 is 14.4 Å². The van der Waals surface area contributed by atoms with Crippen LogP contribution in [0.2, 0.25) is 0 Å². The number of hydrogen-bond donors (Lipinski definition) is 1. The Balaban J connectivity index is 1.56. The number of amides is 1. The van der Waals surface area contributed by atoms with E-state index in [1.54, 1.807) is 15.8 Å². The number of aliphatic hydroxyl groups is 1. The van der Waals surface area contributed by atoms with Crippen molar-refractivity contribution in [3.05, 3.63) is 28.9 Å². The molecule has 1 fully saturated rings. The number of likely N-dealkylation sites (tertiary alicyclic amines) is 1. The van der Waals surface area contributed by atoms with E-state index in [1.807, 2.05) is 13.8 Å². The third kappa shape index (κ3) is 2.92. The molecule has 0 saturated carbocycles. The highest BCUT2D eigenvalue weighted by atomic mass is 16.5. The molecule has 1 atom stereocenters. The number of piperidine rings is 1. The highest BCUT2D eigenvalue weighted by Crippen LogP contribution is 2.32. The summed E-state index contributed by atoms with van der Waals surface area (Å²) in [5.74, 6) is 0.679. The van der Waals surface area contributed by atoms with Crippen LogP contribution >= 0.6 is 0 Å². The van der Waals surface area contributed by atoms with Gasteiger partial charge in [0.2, 0.25) is 0 Å². The van der Waals surface area contributed by atoms with Crippen LogP contribution in [0.25, 0.3) is 0 Å². The molecule has 8 nitrogen and oxygen atoms in total. The fourth-order valence-electron chi connectivity index (χ4n) is 3.86. The van der Waals surface area contributed by atoms with Gasteiger partial charge in [0, 0.05) is 24.6 Å². The number of aryl methyl sites for hydroxylation is 1. The highest BCUT2D eigenvalue weighted by molar-refractivity contribution is 5.94. The van der Waals surface area contributed by atoms with Crippen molar-refractivity contribution in [3.8, 4) is 0 Å². The minimum atomic E-state index is -1.18. The summed E-state index contributed by atoms with van der Waals surface area (Å²) in [5.41, 5.74) is 0.701. The maximum Gasteiger partial charge on any atom is 0.276 e. The third-order valence-electron chi connectivity index (χ3n) is 5.43. The van der Waals surface area contributed by atoms with Crippen molar-refractivity contribution in [1.82, 2.24) is 25.1 Å². The molecule has 4 rings (SSSR count). The van der Waals surface area contributed by atoms with Crippen molar-refractivity contribution in [1.29, 1.82) is 0 Å². The summed E-state index contributed by atoms with van der Waals surface area (Å²) >= 11 is 0. The Hall–Kier alpha value is -2.22. The van der Waals surface area contributed by atoms with Gasteiger partial charge in [-0.05, 0) is 46.0 Å². The van der Waals surface area contributed by atoms with Crippen molar-refractivity contribution in [2.45, 2.75) is 64.0 Å². The predicted octanol–water partition coefficient (Wildman–Crippen LogP) is 1.85. The smallest absolute Gasteiger partial charge is 0.276 e. The van der Waals surface area contributed by atoms with Crippen LogP contribution in [0.15, 0.2) is 10.7 Å². The van der Waals surface area contributed by atoms with E-state index >= 15 is 0 Å². The van der Waals surface area contributed by atoms with Gasteiger partial charge in [-0.1, -0.05) is 10.4 Å². The van der Waals surface area contributed by atoms with E-state index in [-0.39, 0.29) is 18.5 Å². The second kappa shape index (κ2) is 6.50. The number of carbonyl (C=O) groups excluding carboxylic acids is 1. The molecule has 2 aromatic rings. The quantitative estimate of drug-likeness (QED) is 0.898. The number of hydrogen-bond acceptors (Lipinski definition) is 6. The lowest BCUT2D eigenvalue weighted by molar-refractivity contribution is -0.0323. The van der Waals surface area contributed by atoms with Crippen LogP contribution in [-0.2, 0) is 18.4 Å². The number of aromatic nitrogens is 4. The second-order valence-electron chi connectivity index (χ2n) is 7.68. The van der Waals surface area contributed by atoms with E-state index in [1.165, 1.54) is 0 Å². The summed E-state index contributed by atoms with van der Waals surface area (Å²) in [6.45, 7) is 4.81. The average molecular weight is 359 g/mol. The molecule has 1 N–H and O–H groups in total. The van der Waals surface area contributed by atoms with Gasteiger partial charge in [-0.2, -0.15) is 0 Å². The normalized spacial score (nSPS) is 23.3. The molecule has 1 amide bonds. The van der Waals surface area contributed by atoms with E-state index in [0.717, 1.165) is 37.0 Å². The van der Waals surface area contributed by atoms with Crippen LogP contribution in [0.3, 0.4) is 0 Å². The minimum absolute atomic E-state index is 0.161. The van der Waals surface area contributed by atoms with E-state index < -0.39 is 5.60 Å². The van der Waals surface area contributed by atoms with Crippen LogP contribution in [0.5, 0.6) is 0 Å². The van der Waals surface area contributed by atoms with E-state index in [4.69, 9.17) is 4.52 Å². The van der Waals surface area contributed by atoms with Crippen LogP contribution in [0.4, 0.5) is 0 Å². The SMILES string of the molecule is CC(C)n1cc([C@]2(O)CCCN(C(=O)c3noc4c3CCCC4)C2)nn1. The molecule has 0 spiro atoms. The molecule has 1 saturated heterocycles. The summed E-state index contributed by atoms with van der Waals surface area (Å²) in [4.78, 5) is 14.7. The molecular weight excluding hydrogens is 334 g/mol. The van der Waals surface area contributed by atoms with Gasteiger partial charge in [-0.3, -0.25) is 4.79 Å². The lowest BCUT2D eigenvalue weighted by Crippen LogP contribution is -2.49. The van der Waals surface area contributed by atoms with Gasteiger partial charge in [-0.25, -0.2) is 4.68 Å². The number of carbonyl (C=O) groups is 1. The zero-order valence-corrected chi connectivity index (χ0v) is 15.3. The molecule has 1 aliphatic carbocycles. The topological polar surface area (TPSA) is 97.3 Å². The van der Waals surface area contributed by atoms with Gasteiger partial charge in [0.15, 0.2) is 5.69 Å². The van der Waals surface area contributed by atoms with Gasteiger partial charge >= 0.3 is 0 Å². The first-order valence-electron chi connectivity index (χ1n) is 9.39. The van der Waals surface area contributed by atoms with Crippen LogP contribution in [-0.4, -0.2) is 49.2 Å². The molecule has 1 aliphatic heterocycles. The fourth-order valence-corrected chi connectivity index (χ4v) is 3.86. The van der Waals surface area contributed by atoms with Crippen molar-refractivity contribution in [3.63, 3.8) is 0 Å². The largest absolute Gasteiger partial charge is 0.382 e. The van der Waals surface area contributed by atoms with Crippen molar-refractivity contribution in [2.24, 2.45) is 0 Å². The van der Waals surface area contributed by atoms with E-state index in [0.29, 0.717) is 30.8 Å². The molecule has 0 unspecified atom stereocenters. The van der Waals surface area contributed by atoms with Gasteiger partial charge in [-0.15, -0.1) is 5.10 Å². The number of rotatable bonds is 3. The van der Waals surface area contributed by atoms with Crippen LogP contribution in [0, 0.1) is 0 Å². The van der Waals surface area contributed by atoms with Gasteiger partial charge in [0.1, 0.15) is 17.1 Å². The Kier molecular flexibility index (Phi) is 4.30. The molecule has 26 heavy (non-hydrogen) atoms. The molecule has 0 radical (unpaired) electrons. The minimum Gasteiger partial charge on any atom is -0.382 e. The molecule has 0 bridgehead atoms. The maximum absolute atomic E-state index is 13.0. The number of nitrogens with zero attached hydrogens (tertiary/aromatic N) is 5. The highest BCUT2D eigenvalue weighted by Gasteiger charge is 2.40. The first kappa shape index (κ1) is 17.2. The Morgan fingerprint density at radius 1 is 1.31 bits per heavy atom. The fraction of sp³-hybridized carbons (Fsp3) is 0.667. The summed E-state index contributed by atoms with van der Waals surface area (Å²) < 4.78 is 7.10. The van der Waals surface area contributed by atoms with Gasteiger partial charge < -0.3 is 14.5 Å². The third-order valence-corrected chi connectivity index (χ3v) is 5.43. The zero-order valence-electron chi connectivity index (χ0n) is 15.3. The Morgan fingerprint density at radius 3 is 2.88 bits per heavy atom. The standard InChI is InChI=1S/C18H25N5O3/c1-12(2)23-10-15(19-21-23)18(25)8-5-9-22(11-18)17(24)16-13-6-3-4-7-14(13)26-20-16/h10,12,25H,3-9,11H2,1-2H3/t18-/m0/s1. The molecule has 3 heterocycles. The lowest BCUT2D eigenvalue weighted by Gasteiger charge is -2.37. The van der Waals surface area contributed by atoms with Crippen molar-refractivity contribution in [2.75, 3.05) is 13.1 Å². The maximum atomic E-state index is 13.0. The number of fused-ring (bicyclic) bond motifs is 1. The van der Waals surface area contributed by atoms with Gasteiger partial charge in [0.05, 0.1) is 12.7 Å². The lowest BCUT2D eigenvalue weighted by atomic mass is 9.89. The molecular formula is C18H25N5O3. The van der Waals surface area contributed by atoms with Crippen molar-refractivity contribution >= 4 is 5.91 Å². The summed E-state index contributed by atoms with van der Waals surface area (Å²) in [5, 5.41) is 23.4. The average Bonchev–Trinajstić information content (AvgIpc) is 3.29. The zero-order chi connectivity index (χ0) is 18.3. The molecule has 0 aromatic carbocycles. The molecule has 2 aliphatic rings. The van der Waals surface area contributed by atoms with Gasteiger partial charge in [0.25, 0.3) is 5.91 Å². The first-order chi connectivity index (χ1) is 12.5. The van der Waals surface area contributed by atoms with Crippen LogP contribution in [0.1, 0.15) is 73.1 Å². The first-order valence-corrected chi connectivity index (χ1v) is 9.39. The van der Waals surface area contributed by atoms with E-state index in [9.17, 15) is 9.90 Å². The molecule has 8 heteroatoms. The van der Waals surface area contributed by atoms with E-state index in [2.05, 4.69) is 15.5 Å². The molecule has 140 valence electrons. The Bertz CT molecular complexity index is 812. The Morgan fingerprint density at radius 2 is 2.12 bits per heavy atom. The summed E-state index contributed by atoms with van der Waals surface area (Å²) in [6.07, 6.45) is 6.85. The Labute approximate surface area is 152 Å². The second-order valence-corrected chi connectivity index (χ2v) is 7.68. The monoisotopic (exact) mass is 359 g/mol. The number of β-amino-alcohol motifs (C(OH)–C–C–N with tert-alkyl or cyclic N) is 1. The summed E-state index contributed by atoms with van der Waals surface area (Å²) in [6, 6.07) is 0.169.